The Morgan fingerprint density at radius 2 is 1.91 bits per heavy atom. The van der Waals surface area contributed by atoms with Crippen LogP contribution in [0, 0.1) is 0 Å². The number of aliphatic hydroxyl groups is 1. The van der Waals surface area contributed by atoms with E-state index >= 15 is 0 Å². The molecule has 0 spiro atoms. The minimum Gasteiger partial charge on any atom is -0.391 e. The summed E-state index contributed by atoms with van der Waals surface area (Å²) < 4.78 is 0. The lowest BCUT2D eigenvalue weighted by molar-refractivity contribution is 0.191. The standard InChI is InChI=1S/C17H17ClN4O/c18-14-8-7-13-6-5-12-3-1-2-4-16(12)22(17(13)9-14)11-15(23)10-20-21-19/h1-4,7-9,15,23H,5-6,10-11H2. The van der Waals surface area contributed by atoms with Crippen LogP contribution in [0.2, 0.25) is 5.02 Å². The minimum atomic E-state index is -0.746. The van der Waals surface area contributed by atoms with Gasteiger partial charge in [0.05, 0.1) is 12.6 Å². The number of rotatable bonds is 4. The Bertz CT molecular complexity index is 758. The van der Waals surface area contributed by atoms with Gasteiger partial charge < -0.3 is 10.0 Å². The number of benzene rings is 2. The summed E-state index contributed by atoms with van der Waals surface area (Å²) in [6.07, 6.45) is 1.11. The molecular weight excluding hydrogens is 312 g/mol. The summed E-state index contributed by atoms with van der Waals surface area (Å²) in [5.41, 5.74) is 12.9. The monoisotopic (exact) mass is 328 g/mol. The Morgan fingerprint density at radius 1 is 1.17 bits per heavy atom. The predicted molar refractivity (Wildman–Crippen MR) is 92.3 cm³/mol. The van der Waals surface area contributed by atoms with Gasteiger partial charge in [-0.2, -0.15) is 0 Å². The molecule has 5 nitrogen and oxygen atoms in total. The van der Waals surface area contributed by atoms with Gasteiger partial charge in [-0.05, 0) is 47.7 Å². The molecule has 1 aliphatic rings. The molecule has 0 amide bonds. The molecule has 0 bridgehead atoms. The third-order valence-corrected chi connectivity index (χ3v) is 4.27. The van der Waals surface area contributed by atoms with Crippen molar-refractivity contribution in [2.75, 3.05) is 18.0 Å². The van der Waals surface area contributed by atoms with Crippen LogP contribution in [0.3, 0.4) is 0 Å². The van der Waals surface area contributed by atoms with E-state index in [1.54, 1.807) is 0 Å². The molecule has 1 heterocycles. The molecule has 0 aromatic heterocycles. The van der Waals surface area contributed by atoms with Gasteiger partial charge >= 0.3 is 0 Å². The zero-order valence-electron chi connectivity index (χ0n) is 12.6. The first-order valence-electron chi connectivity index (χ1n) is 7.52. The topological polar surface area (TPSA) is 72.2 Å². The average Bonchev–Trinajstić information content (AvgIpc) is 2.71. The van der Waals surface area contributed by atoms with E-state index in [-0.39, 0.29) is 6.54 Å². The second-order valence-electron chi connectivity index (χ2n) is 5.58. The molecule has 118 valence electrons. The van der Waals surface area contributed by atoms with E-state index in [0.717, 1.165) is 24.2 Å². The first kappa shape index (κ1) is 15.7. The molecule has 1 N–H and O–H groups in total. The maximum Gasteiger partial charge on any atom is 0.0775 e. The van der Waals surface area contributed by atoms with Crippen LogP contribution in [-0.2, 0) is 12.8 Å². The molecule has 0 fully saturated rings. The highest BCUT2D eigenvalue weighted by Crippen LogP contribution is 2.37. The van der Waals surface area contributed by atoms with Crippen LogP contribution in [0.25, 0.3) is 10.4 Å². The number of fused-ring (bicyclic) bond motifs is 2. The van der Waals surface area contributed by atoms with Crippen molar-refractivity contribution in [3.05, 3.63) is 69.1 Å². The van der Waals surface area contributed by atoms with Crippen LogP contribution in [-0.4, -0.2) is 24.3 Å². The first-order chi connectivity index (χ1) is 11.2. The van der Waals surface area contributed by atoms with Crippen molar-refractivity contribution < 1.29 is 5.11 Å². The second kappa shape index (κ2) is 6.92. The van der Waals surface area contributed by atoms with Gasteiger partial charge in [-0.25, -0.2) is 0 Å². The fourth-order valence-electron chi connectivity index (χ4n) is 2.98. The SMILES string of the molecule is [N-]=[N+]=NCC(O)CN1c2ccccc2CCc2ccc(Cl)cc21. The van der Waals surface area contributed by atoms with E-state index in [1.165, 1.54) is 11.1 Å². The summed E-state index contributed by atoms with van der Waals surface area (Å²) >= 11 is 6.19. The van der Waals surface area contributed by atoms with Gasteiger partial charge in [0.2, 0.25) is 0 Å². The quantitative estimate of drug-likeness (QED) is 0.517. The van der Waals surface area contributed by atoms with Gasteiger partial charge in [-0.15, -0.1) is 0 Å². The van der Waals surface area contributed by atoms with Crippen molar-refractivity contribution >= 4 is 23.0 Å². The highest BCUT2D eigenvalue weighted by molar-refractivity contribution is 6.30. The lowest BCUT2D eigenvalue weighted by Gasteiger charge is -2.29. The lowest BCUT2D eigenvalue weighted by Crippen LogP contribution is -2.31. The number of aryl methyl sites for hydroxylation is 2. The number of nitrogens with zero attached hydrogens (tertiary/aromatic N) is 4. The molecular formula is C17H17ClN4O. The van der Waals surface area contributed by atoms with Crippen molar-refractivity contribution in [1.82, 2.24) is 0 Å². The van der Waals surface area contributed by atoms with E-state index in [1.807, 2.05) is 36.4 Å². The number of hydrogen-bond acceptors (Lipinski definition) is 3. The van der Waals surface area contributed by atoms with Crippen LogP contribution in [0.1, 0.15) is 11.1 Å². The number of hydrogen-bond donors (Lipinski definition) is 1. The molecule has 23 heavy (non-hydrogen) atoms. The fourth-order valence-corrected chi connectivity index (χ4v) is 3.15. The first-order valence-corrected chi connectivity index (χ1v) is 7.89. The molecule has 0 aliphatic carbocycles. The Labute approximate surface area is 139 Å². The van der Waals surface area contributed by atoms with E-state index in [4.69, 9.17) is 17.1 Å². The van der Waals surface area contributed by atoms with Crippen LogP contribution < -0.4 is 4.90 Å². The number of anilines is 2. The number of para-hydroxylation sites is 1. The highest BCUT2D eigenvalue weighted by Gasteiger charge is 2.22. The van der Waals surface area contributed by atoms with Gasteiger partial charge in [-0.1, -0.05) is 41.0 Å². The van der Waals surface area contributed by atoms with Crippen LogP contribution in [0.4, 0.5) is 11.4 Å². The second-order valence-corrected chi connectivity index (χ2v) is 6.02. The summed E-state index contributed by atoms with van der Waals surface area (Å²) in [5, 5.41) is 14.3. The van der Waals surface area contributed by atoms with E-state index in [9.17, 15) is 5.11 Å². The minimum absolute atomic E-state index is 0.0467. The summed E-state index contributed by atoms with van der Waals surface area (Å²) in [4.78, 5) is 4.79. The van der Waals surface area contributed by atoms with Crippen molar-refractivity contribution in [1.29, 1.82) is 0 Å². The molecule has 0 saturated heterocycles. The van der Waals surface area contributed by atoms with E-state index in [0.29, 0.717) is 11.6 Å². The average molecular weight is 329 g/mol. The molecule has 6 heteroatoms. The third kappa shape index (κ3) is 3.42. The van der Waals surface area contributed by atoms with Crippen molar-refractivity contribution in [3.8, 4) is 0 Å². The summed E-state index contributed by atoms with van der Waals surface area (Å²) in [6, 6.07) is 14.0. The molecule has 2 aromatic rings. The molecule has 1 unspecified atom stereocenters. The Balaban J connectivity index is 2.04. The summed E-state index contributed by atoms with van der Waals surface area (Å²) in [7, 11) is 0. The lowest BCUT2D eigenvalue weighted by atomic mass is 10.0. The largest absolute Gasteiger partial charge is 0.391 e. The smallest absolute Gasteiger partial charge is 0.0775 e. The van der Waals surface area contributed by atoms with Gasteiger partial charge in [0.15, 0.2) is 0 Å². The normalized spacial score (nSPS) is 14.3. The highest BCUT2D eigenvalue weighted by atomic mass is 35.5. The van der Waals surface area contributed by atoms with Crippen LogP contribution in [0.15, 0.2) is 47.6 Å². The number of aliphatic hydroxyl groups excluding tert-OH is 1. The zero-order valence-corrected chi connectivity index (χ0v) is 13.3. The van der Waals surface area contributed by atoms with E-state index in [2.05, 4.69) is 21.0 Å². The van der Waals surface area contributed by atoms with Gasteiger partial charge in [0.1, 0.15) is 0 Å². The predicted octanol–water partition coefficient (Wildman–Crippen LogP) is 4.25. The molecule has 1 atom stereocenters. The number of halogens is 1. The molecule has 2 aromatic carbocycles. The van der Waals surface area contributed by atoms with Gasteiger partial charge in [0.25, 0.3) is 0 Å². The number of β-amino-alcohol motifs (C(OH)–C–C–N with tert-alkyl or cyclic N) is 1. The third-order valence-electron chi connectivity index (χ3n) is 4.03. The van der Waals surface area contributed by atoms with E-state index < -0.39 is 6.10 Å². The fraction of sp³-hybridized carbons (Fsp3) is 0.294. The molecule has 1 aliphatic heterocycles. The molecule has 3 rings (SSSR count). The van der Waals surface area contributed by atoms with Gasteiger partial charge in [-0.3, -0.25) is 0 Å². The summed E-state index contributed by atoms with van der Waals surface area (Å²) in [6.45, 7) is 0.397. The Morgan fingerprint density at radius 3 is 2.70 bits per heavy atom. The maximum atomic E-state index is 10.2. The van der Waals surface area contributed by atoms with Crippen LogP contribution in [0.5, 0.6) is 0 Å². The maximum absolute atomic E-state index is 10.2. The Kier molecular flexibility index (Phi) is 4.72. The van der Waals surface area contributed by atoms with Crippen molar-refractivity contribution in [2.24, 2.45) is 5.11 Å². The van der Waals surface area contributed by atoms with Crippen molar-refractivity contribution in [2.45, 2.75) is 18.9 Å². The summed E-state index contributed by atoms with van der Waals surface area (Å²) in [5.74, 6) is 0. The molecule has 0 saturated carbocycles. The Hall–Kier alpha value is -2.20. The van der Waals surface area contributed by atoms with Crippen LogP contribution >= 0.6 is 11.6 Å². The zero-order chi connectivity index (χ0) is 16.2. The number of azide groups is 1. The van der Waals surface area contributed by atoms with Crippen molar-refractivity contribution in [3.63, 3.8) is 0 Å². The molecule has 0 radical (unpaired) electrons. The van der Waals surface area contributed by atoms with Gasteiger partial charge in [0, 0.05) is 27.9 Å².